The topological polar surface area (TPSA) is 101 Å². The fourth-order valence-electron chi connectivity index (χ4n) is 3.06. The van der Waals surface area contributed by atoms with E-state index in [0.29, 0.717) is 12.1 Å². The molecule has 7 heteroatoms. The normalized spacial score (nSPS) is 11.0. The summed E-state index contributed by atoms with van der Waals surface area (Å²) in [5.74, 6) is -0.162. The van der Waals surface area contributed by atoms with Crippen LogP contribution in [0.25, 0.3) is 21.8 Å². The molecule has 2 aromatic heterocycles. The third-order valence-electron chi connectivity index (χ3n) is 4.42. The molecule has 0 aliphatic carbocycles. The fourth-order valence-corrected chi connectivity index (χ4v) is 3.06. The van der Waals surface area contributed by atoms with Crippen molar-refractivity contribution >= 4 is 39.1 Å². The number of aryl methyl sites for hydroxylation is 1. The number of nitro groups is 1. The molecule has 0 saturated heterocycles. The second-order valence-electron chi connectivity index (χ2n) is 6.24. The molecule has 0 atom stereocenters. The van der Waals surface area contributed by atoms with Crippen molar-refractivity contribution in [3.8, 4) is 0 Å². The number of hydrogen-bond acceptors (Lipinski definition) is 4. The number of benzene rings is 2. The number of amides is 1. The summed E-state index contributed by atoms with van der Waals surface area (Å²) < 4.78 is 0. The molecule has 4 rings (SSSR count). The first-order valence-electron chi connectivity index (χ1n) is 8.50. The van der Waals surface area contributed by atoms with Gasteiger partial charge in [0.15, 0.2) is 0 Å². The van der Waals surface area contributed by atoms with E-state index in [2.05, 4.69) is 21.4 Å². The Morgan fingerprint density at radius 3 is 2.63 bits per heavy atom. The Balaban J connectivity index is 1.44. The number of aromatic nitrogens is 2. The van der Waals surface area contributed by atoms with E-state index in [1.807, 2.05) is 24.3 Å². The summed E-state index contributed by atoms with van der Waals surface area (Å²) in [6, 6.07) is 15.8. The zero-order chi connectivity index (χ0) is 18.8. The summed E-state index contributed by atoms with van der Waals surface area (Å²) in [7, 11) is 0. The van der Waals surface area contributed by atoms with Crippen LogP contribution >= 0.6 is 0 Å². The number of rotatable bonds is 5. The first-order valence-corrected chi connectivity index (χ1v) is 8.50. The largest absolute Gasteiger partial charge is 0.353 e. The SMILES string of the molecule is O=C(CCc1cc2c(cn1)[nH]c1ccccc12)Nc1ccc([N+](=O)[O-])cc1. The monoisotopic (exact) mass is 360 g/mol. The zero-order valence-corrected chi connectivity index (χ0v) is 14.3. The average Bonchev–Trinajstić information content (AvgIpc) is 3.05. The van der Waals surface area contributed by atoms with Crippen molar-refractivity contribution in [1.29, 1.82) is 0 Å². The smallest absolute Gasteiger partial charge is 0.269 e. The lowest BCUT2D eigenvalue weighted by Gasteiger charge is -2.05. The minimum Gasteiger partial charge on any atom is -0.353 e. The Morgan fingerprint density at radius 1 is 1.07 bits per heavy atom. The van der Waals surface area contributed by atoms with Gasteiger partial charge in [0.25, 0.3) is 5.69 Å². The van der Waals surface area contributed by atoms with Gasteiger partial charge in [-0.05, 0) is 30.7 Å². The third kappa shape index (κ3) is 3.48. The van der Waals surface area contributed by atoms with Crippen molar-refractivity contribution in [2.24, 2.45) is 0 Å². The van der Waals surface area contributed by atoms with E-state index in [1.165, 1.54) is 24.3 Å². The van der Waals surface area contributed by atoms with Crippen molar-refractivity contribution in [2.75, 3.05) is 5.32 Å². The second-order valence-corrected chi connectivity index (χ2v) is 6.24. The first-order chi connectivity index (χ1) is 13.1. The molecule has 0 aliphatic rings. The zero-order valence-electron chi connectivity index (χ0n) is 14.3. The molecule has 1 amide bonds. The van der Waals surface area contributed by atoms with Gasteiger partial charge in [-0.2, -0.15) is 0 Å². The maximum atomic E-state index is 12.2. The molecule has 27 heavy (non-hydrogen) atoms. The van der Waals surface area contributed by atoms with Gasteiger partial charge in [0.2, 0.25) is 5.91 Å². The van der Waals surface area contributed by atoms with Crippen LogP contribution in [0.5, 0.6) is 0 Å². The van der Waals surface area contributed by atoms with Crippen LogP contribution in [0.2, 0.25) is 0 Å². The fraction of sp³-hybridized carbons (Fsp3) is 0.100. The number of H-pyrrole nitrogens is 1. The molecular formula is C20H16N4O3. The third-order valence-corrected chi connectivity index (χ3v) is 4.42. The van der Waals surface area contributed by atoms with Crippen molar-refractivity contribution in [3.63, 3.8) is 0 Å². The minimum absolute atomic E-state index is 0.00997. The number of non-ortho nitro benzene ring substituents is 1. The number of nitro benzene ring substituents is 1. The van der Waals surface area contributed by atoms with E-state index in [4.69, 9.17) is 0 Å². The highest BCUT2D eigenvalue weighted by atomic mass is 16.6. The van der Waals surface area contributed by atoms with Gasteiger partial charge in [0.1, 0.15) is 0 Å². The van der Waals surface area contributed by atoms with Crippen molar-refractivity contribution in [2.45, 2.75) is 12.8 Å². The summed E-state index contributed by atoms with van der Waals surface area (Å²) in [5, 5.41) is 15.6. The van der Waals surface area contributed by atoms with Gasteiger partial charge in [-0.25, -0.2) is 0 Å². The molecule has 0 saturated carbocycles. The van der Waals surface area contributed by atoms with Crippen molar-refractivity contribution in [1.82, 2.24) is 9.97 Å². The number of para-hydroxylation sites is 1. The van der Waals surface area contributed by atoms with E-state index >= 15 is 0 Å². The van der Waals surface area contributed by atoms with Crippen LogP contribution in [0.1, 0.15) is 12.1 Å². The standard InChI is InChI=1S/C20H16N4O3/c25-20(22-13-5-8-15(9-6-13)24(26)27)10-7-14-11-17-16-3-1-2-4-18(16)23-19(17)12-21-14/h1-6,8-9,11-12,23H,7,10H2,(H,22,25). The molecule has 2 N–H and O–H groups in total. The molecule has 2 aromatic carbocycles. The highest BCUT2D eigenvalue weighted by molar-refractivity contribution is 6.07. The van der Waals surface area contributed by atoms with E-state index in [9.17, 15) is 14.9 Å². The predicted octanol–water partition coefficient (Wildman–Crippen LogP) is 4.20. The minimum atomic E-state index is -0.474. The highest BCUT2D eigenvalue weighted by Crippen LogP contribution is 2.25. The van der Waals surface area contributed by atoms with E-state index in [1.54, 1.807) is 6.20 Å². The van der Waals surface area contributed by atoms with Gasteiger partial charge in [0.05, 0.1) is 16.6 Å². The molecule has 0 unspecified atom stereocenters. The van der Waals surface area contributed by atoms with Crippen LogP contribution in [0.3, 0.4) is 0 Å². The number of anilines is 1. The van der Waals surface area contributed by atoms with Gasteiger partial charge >= 0.3 is 0 Å². The van der Waals surface area contributed by atoms with Gasteiger partial charge in [-0.1, -0.05) is 18.2 Å². The van der Waals surface area contributed by atoms with E-state index in [-0.39, 0.29) is 18.0 Å². The van der Waals surface area contributed by atoms with Crippen LogP contribution in [-0.2, 0) is 11.2 Å². The Labute approximate surface area is 154 Å². The number of aromatic amines is 1. The second kappa shape index (κ2) is 6.87. The number of pyridine rings is 1. The quantitative estimate of drug-likeness (QED) is 0.411. The van der Waals surface area contributed by atoms with Crippen LogP contribution in [0.4, 0.5) is 11.4 Å². The molecule has 2 heterocycles. The Morgan fingerprint density at radius 2 is 1.85 bits per heavy atom. The molecule has 134 valence electrons. The summed E-state index contributed by atoms with van der Waals surface area (Å²) in [6.45, 7) is 0. The number of fused-ring (bicyclic) bond motifs is 3. The lowest BCUT2D eigenvalue weighted by molar-refractivity contribution is -0.384. The molecule has 4 aromatic rings. The Bertz CT molecular complexity index is 1150. The van der Waals surface area contributed by atoms with Gasteiger partial charge in [-0.3, -0.25) is 19.9 Å². The van der Waals surface area contributed by atoms with Gasteiger partial charge < -0.3 is 10.3 Å². The summed E-state index contributed by atoms with van der Waals surface area (Å²) in [5.41, 5.74) is 3.39. The summed E-state index contributed by atoms with van der Waals surface area (Å²) in [4.78, 5) is 30.1. The van der Waals surface area contributed by atoms with Gasteiger partial charge in [0, 0.05) is 46.2 Å². The van der Waals surface area contributed by atoms with Crippen molar-refractivity contribution < 1.29 is 9.72 Å². The number of carbonyl (C=O) groups is 1. The van der Waals surface area contributed by atoms with Crippen LogP contribution in [0, 0.1) is 10.1 Å². The van der Waals surface area contributed by atoms with Crippen LogP contribution in [0.15, 0.2) is 60.8 Å². The molecule has 0 aliphatic heterocycles. The van der Waals surface area contributed by atoms with Crippen LogP contribution < -0.4 is 5.32 Å². The molecule has 0 spiro atoms. The highest BCUT2D eigenvalue weighted by Gasteiger charge is 2.09. The molecular weight excluding hydrogens is 344 g/mol. The van der Waals surface area contributed by atoms with Crippen molar-refractivity contribution in [3.05, 3.63) is 76.6 Å². The maximum absolute atomic E-state index is 12.2. The maximum Gasteiger partial charge on any atom is 0.269 e. The summed E-state index contributed by atoms with van der Waals surface area (Å²) >= 11 is 0. The average molecular weight is 360 g/mol. The molecule has 0 radical (unpaired) electrons. The number of nitrogens with zero attached hydrogens (tertiary/aromatic N) is 2. The molecule has 0 bridgehead atoms. The Kier molecular flexibility index (Phi) is 4.25. The molecule has 7 nitrogen and oxygen atoms in total. The predicted molar refractivity (Wildman–Crippen MR) is 104 cm³/mol. The Hall–Kier alpha value is -3.74. The van der Waals surface area contributed by atoms with E-state index in [0.717, 1.165) is 27.5 Å². The number of nitrogens with one attached hydrogen (secondary N) is 2. The lowest BCUT2D eigenvalue weighted by Crippen LogP contribution is -2.12. The molecule has 0 fully saturated rings. The number of carbonyl (C=O) groups excluding carboxylic acids is 1. The van der Waals surface area contributed by atoms with Crippen LogP contribution in [-0.4, -0.2) is 20.8 Å². The van der Waals surface area contributed by atoms with E-state index < -0.39 is 4.92 Å². The first kappa shape index (κ1) is 16.7. The lowest BCUT2D eigenvalue weighted by atomic mass is 10.1. The number of hydrogen-bond donors (Lipinski definition) is 2. The summed E-state index contributed by atoms with van der Waals surface area (Å²) in [6.07, 6.45) is 2.57. The van der Waals surface area contributed by atoms with Gasteiger partial charge in [-0.15, -0.1) is 0 Å².